The summed E-state index contributed by atoms with van der Waals surface area (Å²) in [5, 5.41) is 0.261. The molecule has 3 heterocycles. The second-order valence-corrected chi connectivity index (χ2v) is 11.2. The molecule has 0 N–H and O–H groups in total. The van der Waals surface area contributed by atoms with E-state index in [9.17, 15) is 27.2 Å². The highest BCUT2D eigenvalue weighted by Crippen LogP contribution is 2.38. The number of nitrogens with zero attached hydrogens (tertiary/aromatic N) is 3. The average Bonchev–Trinajstić information content (AvgIpc) is 3.39. The van der Waals surface area contributed by atoms with Crippen LogP contribution in [-0.2, 0) is 9.53 Å². The van der Waals surface area contributed by atoms with Gasteiger partial charge < -0.3 is 9.30 Å². The van der Waals surface area contributed by atoms with Gasteiger partial charge in [0.05, 0.1) is 27.8 Å². The topological polar surface area (TPSA) is 65.6 Å². The predicted octanol–water partition coefficient (Wildman–Crippen LogP) is 6.19. The van der Waals surface area contributed by atoms with Gasteiger partial charge in [0, 0.05) is 22.1 Å². The number of aromatic nitrogens is 2. The molecule has 4 aromatic rings. The number of thiazole rings is 1. The van der Waals surface area contributed by atoms with Crippen LogP contribution < -0.4 is 14.9 Å². The summed E-state index contributed by atoms with van der Waals surface area (Å²) in [4.78, 5) is 30.3. The highest BCUT2D eigenvalue weighted by molar-refractivity contribution is 7.07. The Morgan fingerprint density at radius 1 is 1.12 bits per heavy atom. The zero-order chi connectivity index (χ0) is 30.5. The van der Waals surface area contributed by atoms with Gasteiger partial charge in [-0.25, -0.2) is 14.2 Å². The van der Waals surface area contributed by atoms with Crippen LogP contribution in [0.2, 0.25) is 10.0 Å². The largest absolute Gasteiger partial charge is 0.463 e. The highest BCUT2D eigenvalue weighted by Gasteiger charge is 2.45. The summed E-state index contributed by atoms with van der Waals surface area (Å²) in [6.07, 6.45) is -3.46. The SMILES string of the molecule is CCOC(=O)C1=C(C(F)(F)F)N=c2s/c(=C/c3cc(C)n(-c4ccc(F)c(Cl)c4)c3C)c(=O)n2[C@H]1c1ccc(Cl)cc1. The van der Waals surface area contributed by atoms with Gasteiger partial charge in [-0.1, -0.05) is 46.7 Å². The number of alkyl halides is 3. The average molecular weight is 638 g/mol. The third kappa shape index (κ3) is 5.32. The third-order valence-electron chi connectivity index (χ3n) is 6.70. The number of fused-ring (bicyclic) bond motifs is 1. The first-order valence-electron chi connectivity index (χ1n) is 12.5. The minimum absolute atomic E-state index is 0.0602. The summed E-state index contributed by atoms with van der Waals surface area (Å²) in [5.41, 5.74) is -0.0294. The van der Waals surface area contributed by atoms with E-state index in [-0.39, 0.29) is 26.5 Å². The number of hydrogen-bond donors (Lipinski definition) is 0. The summed E-state index contributed by atoms with van der Waals surface area (Å²) >= 11 is 12.8. The van der Waals surface area contributed by atoms with Gasteiger partial charge in [0.15, 0.2) is 10.5 Å². The predicted molar refractivity (Wildman–Crippen MR) is 152 cm³/mol. The molecule has 1 atom stereocenters. The fourth-order valence-electron chi connectivity index (χ4n) is 4.90. The van der Waals surface area contributed by atoms with Gasteiger partial charge in [-0.3, -0.25) is 9.36 Å². The van der Waals surface area contributed by atoms with Crippen molar-refractivity contribution in [1.29, 1.82) is 0 Å². The summed E-state index contributed by atoms with van der Waals surface area (Å²) < 4.78 is 64.6. The van der Waals surface area contributed by atoms with Crippen molar-refractivity contribution in [2.75, 3.05) is 6.61 Å². The Kier molecular flexibility index (Phi) is 7.95. The molecule has 42 heavy (non-hydrogen) atoms. The van der Waals surface area contributed by atoms with Crippen molar-refractivity contribution in [3.8, 4) is 5.69 Å². The molecule has 2 aromatic heterocycles. The molecule has 0 spiro atoms. The number of halogens is 6. The van der Waals surface area contributed by atoms with Gasteiger partial charge in [0.2, 0.25) is 0 Å². The van der Waals surface area contributed by atoms with E-state index >= 15 is 0 Å². The standard InChI is InChI=1S/C29H21Cl2F4N3O3S/c1-4-41-27(40)23-24(16-5-7-18(30)8-6-16)38-26(39)22(42-28(38)36-25(23)29(33,34)35)12-17-11-14(2)37(15(17)3)19-9-10-21(32)20(31)13-19/h5-13,24H,4H2,1-3H3/b22-12+/t24-/m0/s1. The van der Waals surface area contributed by atoms with Crippen molar-refractivity contribution in [2.24, 2.45) is 4.99 Å². The van der Waals surface area contributed by atoms with Gasteiger partial charge in [-0.15, -0.1) is 0 Å². The summed E-state index contributed by atoms with van der Waals surface area (Å²) in [5.74, 6) is -1.80. The van der Waals surface area contributed by atoms with E-state index < -0.39 is 40.8 Å². The van der Waals surface area contributed by atoms with E-state index in [1.165, 1.54) is 43.3 Å². The molecular formula is C29H21Cl2F4N3O3S. The van der Waals surface area contributed by atoms with Crippen LogP contribution in [0.25, 0.3) is 11.8 Å². The first kappa shape index (κ1) is 29.8. The molecule has 0 fully saturated rings. The number of hydrogen-bond acceptors (Lipinski definition) is 5. The second kappa shape index (κ2) is 11.2. The number of aryl methyl sites for hydroxylation is 1. The Morgan fingerprint density at radius 2 is 1.81 bits per heavy atom. The molecule has 0 aliphatic carbocycles. The van der Waals surface area contributed by atoms with Crippen LogP contribution in [-0.4, -0.2) is 27.9 Å². The van der Waals surface area contributed by atoms with Gasteiger partial charge in [0.25, 0.3) is 5.56 Å². The number of benzene rings is 2. The van der Waals surface area contributed by atoms with Crippen molar-refractivity contribution < 1.29 is 27.1 Å². The molecule has 1 aliphatic rings. The fraction of sp³-hybridized carbons (Fsp3) is 0.207. The molecule has 5 rings (SSSR count). The normalized spacial score (nSPS) is 15.5. The van der Waals surface area contributed by atoms with Gasteiger partial charge in [-0.2, -0.15) is 13.2 Å². The monoisotopic (exact) mass is 637 g/mol. The van der Waals surface area contributed by atoms with Crippen LogP contribution in [0.4, 0.5) is 17.6 Å². The number of allylic oxidation sites excluding steroid dienone is 1. The van der Waals surface area contributed by atoms with E-state index in [0.717, 1.165) is 21.6 Å². The molecule has 0 bridgehead atoms. The molecule has 2 aromatic carbocycles. The number of esters is 1. The summed E-state index contributed by atoms with van der Waals surface area (Å²) in [6, 6.07) is 10.4. The van der Waals surface area contributed by atoms with Gasteiger partial charge in [0.1, 0.15) is 5.82 Å². The zero-order valence-corrected chi connectivity index (χ0v) is 24.6. The second-order valence-electron chi connectivity index (χ2n) is 9.38. The fourth-order valence-corrected chi connectivity index (χ4v) is 6.19. The van der Waals surface area contributed by atoms with Crippen molar-refractivity contribution in [1.82, 2.24) is 9.13 Å². The van der Waals surface area contributed by atoms with Crippen LogP contribution in [0.15, 0.2) is 69.6 Å². The number of ether oxygens (including phenoxy) is 1. The van der Waals surface area contributed by atoms with E-state index in [0.29, 0.717) is 22.0 Å². The molecule has 0 saturated heterocycles. The maximum atomic E-state index is 14.3. The minimum Gasteiger partial charge on any atom is -0.463 e. The smallest absolute Gasteiger partial charge is 0.434 e. The van der Waals surface area contributed by atoms with Crippen molar-refractivity contribution >= 4 is 46.6 Å². The van der Waals surface area contributed by atoms with Crippen LogP contribution >= 0.6 is 34.5 Å². The molecule has 0 unspecified atom stereocenters. The Morgan fingerprint density at radius 3 is 2.43 bits per heavy atom. The maximum Gasteiger partial charge on any atom is 0.434 e. The van der Waals surface area contributed by atoms with E-state index in [4.69, 9.17) is 27.9 Å². The molecule has 0 amide bonds. The zero-order valence-electron chi connectivity index (χ0n) is 22.2. The lowest BCUT2D eigenvalue weighted by Gasteiger charge is -2.26. The lowest BCUT2D eigenvalue weighted by Crippen LogP contribution is -2.41. The molecule has 218 valence electrons. The van der Waals surface area contributed by atoms with Crippen LogP contribution in [0, 0.1) is 19.7 Å². The van der Waals surface area contributed by atoms with E-state index in [1.807, 2.05) is 11.5 Å². The van der Waals surface area contributed by atoms with Crippen molar-refractivity contribution in [3.63, 3.8) is 0 Å². The molecule has 1 aliphatic heterocycles. The number of carbonyl (C=O) groups is 1. The first-order valence-corrected chi connectivity index (χ1v) is 14.1. The highest BCUT2D eigenvalue weighted by atomic mass is 35.5. The Bertz CT molecular complexity index is 1940. The van der Waals surface area contributed by atoms with E-state index in [2.05, 4.69) is 4.99 Å². The maximum absolute atomic E-state index is 14.3. The van der Waals surface area contributed by atoms with Gasteiger partial charge in [-0.05, 0) is 74.4 Å². The van der Waals surface area contributed by atoms with Crippen molar-refractivity contribution in [3.05, 3.63) is 118 Å². The molecular weight excluding hydrogens is 617 g/mol. The Hall–Kier alpha value is -3.67. The van der Waals surface area contributed by atoms with Crippen LogP contribution in [0.1, 0.15) is 35.5 Å². The first-order chi connectivity index (χ1) is 19.8. The third-order valence-corrected chi connectivity index (χ3v) is 8.22. The number of carbonyl (C=O) groups excluding carboxylic acids is 1. The Labute approximate surface area is 250 Å². The van der Waals surface area contributed by atoms with Crippen LogP contribution in [0.5, 0.6) is 0 Å². The Balaban J connectivity index is 1.75. The molecule has 0 radical (unpaired) electrons. The van der Waals surface area contributed by atoms with E-state index in [1.54, 1.807) is 25.1 Å². The van der Waals surface area contributed by atoms with Gasteiger partial charge >= 0.3 is 12.1 Å². The van der Waals surface area contributed by atoms with Crippen LogP contribution in [0.3, 0.4) is 0 Å². The summed E-state index contributed by atoms with van der Waals surface area (Å²) in [7, 11) is 0. The summed E-state index contributed by atoms with van der Waals surface area (Å²) in [6.45, 7) is 4.88. The number of rotatable bonds is 5. The molecule has 13 heteroatoms. The quantitative estimate of drug-likeness (QED) is 0.194. The van der Waals surface area contributed by atoms with Crippen molar-refractivity contribution in [2.45, 2.75) is 33.0 Å². The molecule has 6 nitrogen and oxygen atoms in total. The minimum atomic E-state index is -5.01. The molecule has 0 saturated carbocycles. The lowest BCUT2D eigenvalue weighted by molar-refractivity contribution is -0.140. The lowest BCUT2D eigenvalue weighted by atomic mass is 9.95.